The third-order valence-electron chi connectivity index (χ3n) is 4.26. The van der Waals surface area contributed by atoms with Gasteiger partial charge in [0.25, 0.3) is 17.9 Å². The number of carbonyl (C=O) groups excluding carboxylic acids is 3. The van der Waals surface area contributed by atoms with Gasteiger partial charge in [-0.25, -0.2) is 0 Å². The molecule has 0 aliphatic heterocycles. The van der Waals surface area contributed by atoms with Crippen LogP contribution in [0.25, 0.3) is 0 Å². The fraction of sp³-hybridized carbons (Fsp3) is 0.125. The van der Waals surface area contributed by atoms with Crippen molar-refractivity contribution in [2.24, 2.45) is 0 Å². The van der Waals surface area contributed by atoms with Crippen molar-refractivity contribution in [2.75, 3.05) is 0 Å². The molecule has 0 aliphatic rings. The van der Waals surface area contributed by atoms with E-state index in [9.17, 15) is 14.4 Å². The number of benzene rings is 3. The molecular formula is C24H21BNaO6. The van der Waals surface area contributed by atoms with E-state index < -0.39 is 25.2 Å². The first-order valence-electron chi connectivity index (χ1n) is 9.79. The van der Waals surface area contributed by atoms with Gasteiger partial charge in [0.05, 0.1) is 19.3 Å². The molecule has 0 amide bonds. The molecule has 0 heterocycles. The van der Waals surface area contributed by atoms with Crippen molar-refractivity contribution in [2.45, 2.75) is 19.3 Å². The molecule has 3 aromatic carbocycles. The zero-order chi connectivity index (χ0) is 21.9. The summed E-state index contributed by atoms with van der Waals surface area (Å²) in [6.45, 7) is 0. The third kappa shape index (κ3) is 9.10. The Balaban J connectivity index is 0.00000363. The molecule has 0 N–H and O–H groups in total. The molecule has 6 nitrogen and oxygen atoms in total. The summed E-state index contributed by atoms with van der Waals surface area (Å²) >= 11 is 0. The van der Waals surface area contributed by atoms with Crippen LogP contribution in [0, 0.1) is 0 Å². The zero-order valence-electron chi connectivity index (χ0n) is 17.8. The van der Waals surface area contributed by atoms with Gasteiger partial charge in [0.15, 0.2) is 0 Å². The maximum atomic E-state index is 12.3. The van der Waals surface area contributed by atoms with E-state index in [1.165, 1.54) is 0 Å². The van der Waals surface area contributed by atoms with Crippen molar-refractivity contribution in [3.8, 4) is 0 Å². The van der Waals surface area contributed by atoms with Gasteiger partial charge in [-0.05, 0) is 16.7 Å². The molecule has 157 valence electrons. The van der Waals surface area contributed by atoms with Gasteiger partial charge in [0, 0.05) is 0 Å². The van der Waals surface area contributed by atoms with Gasteiger partial charge in [0.2, 0.25) is 0 Å². The number of hydrogen-bond donors (Lipinski definition) is 0. The van der Waals surface area contributed by atoms with E-state index in [1.807, 2.05) is 18.2 Å². The summed E-state index contributed by atoms with van der Waals surface area (Å²) in [6, 6.07) is 26.8. The Morgan fingerprint density at radius 2 is 0.750 bits per heavy atom. The second kappa shape index (κ2) is 13.5. The smallest absolute Gasteiger partial charge is 0.642 e. The summed E-state index contributed by atoms with van der Waals surface area (Å²) in [5, 5.41) is 0. The van der Waals surface area contributed by atoms with Gasteiger partial charge >= 0.3 is 36.9 Å². The molecule has 32 heavy (non-hydrogen) atoms. The molecule has 0 saturated carbocycles. The average Bonchev–Trinajstić information content (AvgIpc) is 2.75. The van der Waals surface area contributed by atoms with Crippen LogP contribution in [0.5, 0.6) is 0 Å². The second-order valence-electron chi connectivity index (χ2n) is 6.75. The molecule has 0 aromatic heterocycles. The molecule has 0 atom stereocenters. The van der Waals surface area contributed by atoms with Crippen LogP contribution in [-0.4, -0.2) is 25.2 Å². The maximum absolute atomic E-state index is 12.3. The minimum absolute atomic E-state index is 0. The summed E-state index contributed by atoms with van der Waals surface area (Å²) < 4.78 is 15.4. The van der Waals surface area contributed by atoms with E-state index in [1.54, 1.807) is 72.8 Å². The minimum Gasteiger partial charge on any atom is -0.642 e. The number of hydrogen-bond acceptors (Lipinski definition) is 6. The monoisotopic (exact) mass is 439 g/mol. The largest absolute Gasteiger partial charge is 1.00 e. The Labute approximate surface area is 209 Å². The molecule has 8 heteroatoms. The van der Waals surface area contributed by atoms with Gasteiger partial charge in [-0.15, -0.1) is 0 Å². The topological polar surface area (TPSA) is 78.9 Å². The average molecular weight is 439 g/mol. The summed E-state index contributed by atoms with van der Waals surface area (Å²) in [7, 11) is -1.76. The van der Waals surface area contributed by atoms with Gasteiger partial charge in [-0.2, -0.15) is 0 Å². The van der Waals surface area contributed by atoms with E-state index >= 15 is 0 Å². The standard InChI is InChI=1S/C24H21BO6.Na/c26-22(16-19-10-4-1-5-11-19)29-25(30-23(27)17-20-12-6-2-7-13-20)31-24(28)18-21-14-8-3-9-15-21;/h1-15H,16-18H2;/q-1;+1. The number of carbonyl (C=O) groups is 3. The van der Waals surface area contributed by atoms with Gasteiger partial charge in [-0.3, -0.25) is 14.4 Å². The Morgan fingerprint density at radius 3 is 1.00 bits per heavy atom. The molecule has 0 bridgehead atoms. The molecule has 0 spiro atoms. The Kier molecular flexibility index (Phi) is 10.7. The molecule has 3 aromatic rings. The van der Waals surface area contributed by atoms with E-state index in [2.05, 4.69) is 0 Å². The van der Waals surface area contributed by atoms with Gasteiger partial charge < -0.3 is 14.0 Å². The molecule has 0 fully saturated rings. The van der Waals surface area contributed by atoms with Crippen LogP contribution in [-0.2, 0) is 47.6 Å². The fourth-order valence-corrected chi connectivity index (χ4v) is 2.81. The van der Waals surface area contributed by atoms with E-state index in [0.29, 0.717) is 0 Å². The van der Waals surface area contributed by atoms with Crippen LogP contribution in [0.3, 0.4) is 0 Å². The molecule has 0 aliphatic carbocycles. The van der Waals surface area contributed by atoms with Crippen molar-refractivity contribution in [3.05, 3.63) is 108 Å². The summed E-state index contributed by atoms with van der Waals surface area (Å²) in [4.78, 5) is 36.9. The van der Waals surface area contributed by atoms with Crippen molar-refractivity contribution < 1.29 is 57.9 Å². The van der Waals surface area contributed by atoms with E-state index in [0.717, 1.165) is 16.7 Å². The predicted molar refractivity (Wildman–Crippen MR) is 114 cm³/mol. The fourth-order valence-electron chi connectivity index (χ4n) is 2.81. The summed E-state index contributed by atoms with van der Waals surface area (Å²) in [5.74, 6) is -2.05. The van der Waals surface area contributed by atoms with Crippen LogP contribution < -0.4 is 29.6 Å². The first-order valence-corrected chi connectivity index (χ1v) is 9.79. The molecular weight excluding hydrogens is 418 g/mol. The van der Waals surface area contributed by atoms with Crippen LogP contribution >= 0.6 is 0 Å². The Bertz CT molecular complexity index is 867. The van der Waals surface area contributed by atoms with Crippen LogP contribution in [0.15, 0.2) is 91.0 Å². The number of rotatable bonds is 9. The minimum atomic E-state index is -1.76. The van der Waals surface area contributed by atoms with Crippen molar-refractivity contribution >= 4 is 25.2 Å². The molecule has 3 rings (SSSR count). The van der Waals surface area contributed by atoms with Crippen LogP contribution in [0.4, 0.5) is 0 Å². The normalized spacial score (nSPS) is 10.0. The van der Waals surface area contributed by atoms with E-state index in [4.69, 9.17) is 14.0 Å². The predicted octanol–water partition coefficient (Wildman–Crippen LogP) is 0.333. The van der Waals surface area contributed by atoms with Crippen LogP contribution in [0.2, 0.25) is 0 Å². The van der Waals surface area contributed by atoms with Gasteiger partial charge in [-0.1, -0.05) is 91.0 Å². The first kappa shape index (κ1) is 25.4. The Morgan fingerprint density at radius 1 is 0.500 bits per heavy atom. The second-order valence-corrected chi connectivity index (χ2v) is 6.75. The quantitative estimate of drug-likeness (QED) is 0.448. The molecule has 0 saturated heterocycles. The molecule has 0 unspecified atom stereocenters. The maximum Gasteiger partial charge on any atom is 1.00 e. The molecule has 1 radical (unpaired) electrons. The zero-order valence-corrected chi connectivity index (χ0v) is 19.8. The third-order valence-corrected chi connectivity index (χ3v) is 4.26. The SMILES string of the molecule is O=C(Cc1ccccc1)O[B-](OC(=O)Cc1ccccc1)OC(=O)Cc1ccccc1.[Na+]. The van der Waals surface area contributed by atoms with Crippen molar-refractivity contribution in [1.82, 2.24) is 0 Å². The van der Waals surface area contributed by atoms with Crippen molar-refractivity contribution in [3.63, 3.8) is 0 Å². The Hall–Kier alpha value is -2.87. The first-order chi connectivity index (χ1) is 15.1. The van der Waals surface area contributed by atoms with E-state index in [-0.39, 0.29) is 48.8 Å². The van der Waals surface area contributed by atoms with Gasteiger partial charge in [0.1, 0.15) is 0 Å². The summed E-state index contributed by atoms with van der Waals surface area (Å²) in [6.07, 6.45) is -0.155. The van der Waals surface area contributed by atoms with Crippen molar-refractivity contribution in [1.29, 1.82) is 0 Å². The van der Waals surface area contributed by atoms with Crippen LogP contribution in [0.1, 0.15) is 16.7 Å². The summed E-state index contributed by atoms with van der Waals surface area (Å²) in [5.41, 5.74) is 2.16.